The number of carbonyl (C=O) groups is 2. The third-order valence-corrected chi connectivity index (χ3v) is 5.16. The molecule has 0 aliphatic carbocycles. The van der Waals surface area contributed by atoms with Crippen molar-refractivity contribution in [1.29, 1.82) is 0 Å². The van der Waals surface area contributed by atoms with E-state index in [0.29, 0.717) is 23.4 Å². The molecule has 6 heteroatoms. The van der Waals surface area contributed by atoms with E-state index in [2.05, 4.69) is 15.7 Å². The Morgan fingerprint density at radius 2 is 1.72 bits per heavy atom. The van der Waals surface area contributed by atoms with Gasteiger partial charge in [0.15, 0.2) is 0 Å². The topological polar surface area (TPSA) is 76.0 Å². The standard InChI is InChI=1S/C26H24N4O2/c1-3-25(31)28-21-13-12-18(2)23(17-21)29-26(32)20-10-7-11-22(16-20)30-24(14-15-27-30)19-8-5-4-6-9-19/h4-17H,3H2,1-2H3,(H,28,31)(H,29,32). The van der Waals surface area contributed by atoms with Gasteiger partial charge in [-0.1, -0.05) is 49.4 Å². The molecule has 0 radical (unpaired) electrons. The van der Waals surface area contributed by atoms with E-state index in [1.807, 2.05) is 78.3 Å². The number of hydrogen-bond acceptors (Lipinski definition) is 3. The fourth-order valence-corrected chi connectivity index (χ4v) is 3.39. The molecule has 1 heterocycles. The van der Waals surface area contributed by atoms with Gasteiger partial charge in [-0.05, 0) is 48.9 Å². The second-order valence-electron chi connectivity index (χ2n) is 7.43. The fourth-order valence-electron chi connectivity index (χ4n) is 3.39. The van der Waals surface area contributed by atoms with Gasteiger partial charge in [-0.15, -0.1) is 0 Å². The van der Waals surface area contributed by atoms with Gasteiger partial charge in [0.05, 0.1) is 17.6 Å². The van der Waals surface area contributed by atoms with Crippen LogP contribution in [0, 0.1) is 6.92 Å². The fraction of sp³-hybridized carbons (Fsp3) is 0.115. The molecule has 0 saturated carbocycles. The van der Waals surface area contributed by atoms with Crippen LogP contribution in [0.1, 0.15) is 29.3 Å². The minimum Gasteiger partial charge on any atom is -0.326 e. The lowest BCUT2D eigenvalue weighted by molar-refractivity contribution is -0.115. The van der Waals surface area contributed by atoms with Crippen molar-refractivity contribution in [2.45, 2.75) is 20.3 Å². The molecule has 160 valence electrons. The summed E-state index contributed by atoms with van der Waals surface area (Å²) >= 11 is 0. The van der Waals surface area contributed by atoms with Crippen LogP contribution in [-0.4, -0.2) is 21.6 Å². The summed E-state index contributed by atoms with van der Waals surface area (Å²) in [6, 6.07) is 24.7. The first-order valence-corrected chi connectivity index (χ1v) is 10.5. The number of rotatable bonds is 6. The lowest BCUT2D eigenvalue weighted by Crippen LogP contribution is -2.14. The molecule has 4 aromatic rings. The Kier molecular flexibility index (Phi) is 6.12. The van der Waals surface area contributed by atoms with Gasteiger partial charge in [-0.3, -0.25) is 9.59 Å². The van der Waals surface area contributed by atoms with Crippen LogP contribution < -0.4 is 10.6 Å². The molecule has 0 aliphatic rings. The van der Waals surface area contributed by atoms with Gasteiger partial charge in [0.1, 0.15) is 0 Å². The molecular formula is C26H24N4O2. The van der Waals surface area contributed by atoms with Gasteiger partial charge in [-0.2, -0.15) is 5.10 Å². The van der Waals surface area contributed by atoms with Crippen LogP contribution in [0.25, 0.3) is 16.9 Å². The van der Waals surface area contributed by atoms with E-state index in [4.69, 9.17) is 0 Å². The molecule has 1 aromatic heterocycles. The smallest absolute Gasteiger partial charge is 0.255 e. The van der Waals surface area contributed by atoms with Crippen molar-refractivity contribution in [3.63, 3.8) is 0 Å². The number of amides is 2. The van der Waals surface area contributed by atoms with Crippen LogP contribution in [-0.2, 0) is 4.79 Å². The number of benzene rings is 3. The summed E-state index contributed by atoms with van der Waals surface area (Å²) in [6.07, 6.45) is 2.13. The minimum absolute atomic E-state index is 0.0766. The molecule has 0 atom stereocenters. The van der Waals surface area contributed by atoms with Crippen LogP contribution in [0.3, 0.4) is 0 Å². The highest BCUT2D eigenvalue weighted by molar-refractivity contribution is 6.05. The molecule has 4 rings (SSSR count). The molecule has 0 bridgehead atoms. The Morgan fingerprint density at radius 1 is 0.906 bits per heavy atom. The molecule has 0 unspecified atom stereocenters. The zero-order valence-corrected chi connectivity index (χ0v) is 18.0. The van der Waals surface area contributed by atoms with Gasteiger partial charge in [0.2, 0.25) is 5.91 Å². The number of anilines is 2. The number of aryl methyl sites for hydroxylation is 1. The first-order chi connectivity index (χ1) is 15.5. The number of aromatic nitrogens is 2. The van der Waals surface area contributed by atoms with Gasteiger partial charge >= 0.3 is 0 Å². The van der Waals surface area contributed by atoms with E-state index in [1.165, 1.54) is 0 Å². The van der Waals surface area contributed by atoms with E-state index >= 15 is 0 Å². The summed E-state index contributed by atoms with van der Waals surface area (Å²) in [6.45, 7) is 3.70. The van der Waals surface area contributed by atoms with Crippen molar-refractivity contribution < 1.29 is 9.59 Å². The third-order valence-electron chi connectivity index (χ3n) is 5.16. The highest BCUT2D eigenvalue weighted by atomic mass is 16.2. The molecule has 2 N–H and O–H groups in total. The first kappa shape index (κ1) is 21.1. The average molecular weight is 425 g/mol. The van der Waals surface area contributed by atoms with Crippen molar-refractivity contribution in [1.82, 2.24) is 9.78 Å². The van der Waals surface area contributed by atoms with Crippen molar-refractivity contribution in [3.8, 4) is 16.9 Å². The van der Waals surface area contributed by atoms with Crippen LogP contribution in [0.15, 0.2) is 85.1 Å². The molecular weight excluding hydrogens is 400 g/mol. The lowest BCUT2D eigenvalue weighted by atomic mass is 10.1. The number of carbonyl (C=O) groups excluding carboxylic acids is 2. The quantitative estimate of drug-likeness (QED) is 0.432. The summed E-state index contributed by atoms with van der Waals surface area (Å²) in [5, 5.41) is 10.2. The summed E-state index contributed by atoms with van der Waals surface area (Å²) in [7, 11) is 0. The molecule has 6 nitrogen and oxygen atoms in total. The Morgan fingerprint density at radius 3 is 2.50 bits per heavy atom. The lowest BCUT2D eigenvalue weighted by Gasteiger charge is -2.13. The maximum atomic E-state index is 13.0. The molecule has 2 amide bonds. The van der Waals surface area contributed by atoms with E-state index in [-0.39, 0.29) is 11.8 Å². The zero-order valence-electron chi connectivity index (χ0n) is 18.0. The van der Waals surface area contributed by atoms with Crippen LogP contribution >= 0.6 is 0 Å². The largest absolute Gasteiger partial charge is 0.326 e. The predicted molar refractivity (Wildman–Crippen MR) is 127 cm³/mol. The van der Waals surface area contributed by atoms with E-state index in [9.17, 15) is 9.59 Å². The first-order valence-electron chi connectivity index (χ1n) is 10.5. The Balaban J connectivity index is 1.59. The summed E-state index contributed by atoms with van der Waals surface area (Å²) in [4.78, 5) is 24.7. The molecule has 3 aromatic carbocycles. The van der Waals surface area contributed by atoms with Crippen LogP contribution in [0.5, 0.6) is 0 Å². The Bertz CT molecular complexity index is 1260. The highest BCUT2D eigenvalue weighted by Gasteiger charge is 2.12. The molecule has 0 saturated heterocycles. The van der Waals surface area contributed by atoms with Crippen molar-refractivity contribution in [3.05, 3.63) is 96.2 Å². The van der Waals surface area contributed by atoms with Crippen LogP contribution in [0.2, 0.25) is 0 Å². The molecule has 0 fully saturated rings. The second kappa shape index (κ2) is 9.31. The molecule has 32 heavy (non-hydrogen) atoms. The number of hydrogen-bond donors (Lipinski definition) is 2. The number of nitrogens with zero attached hydrogens (tertiary/aromatic N) is 2. The van der Waals surface area contributed by atoms with Gasteiger partial charge in [0.25, 0.3) is 5.91 Å². The molecule has 0 spiro atoms. The second-order valence-corrected chi connectivity index (χ2v) is 7.43. The summed E-state index contributed by atoms with van der Waals surface area (Å²) < 4.78 is 1.82. The van der Waals surface area contributed by atoms with Crippen molar-refractivity contribution in [2.24, 2.45) is 0 Å². The summed E-state index contributed by atoms with van der Waals surface area (Å²) in [5.74, 6) is -0.311. The summed E-state index contributed by atoms with van der Waals surface area (Å²) in [5.41, 5.74) is 5.50. The van der Waals surface area contributed by atoms with E-state index in [0.717, 1.165) is 22.5 Å². The average Bonchev–Trinajstić information content (AvgIpc) is 3.32. The van der Waals surface area contributed by atoms with Gasteiger partial charge in [0, 0.05) is 28.9 Å². The normalized spacial score (nSPS) is 10.6. The maximum absolute atomic E-state index is 13.0. The van der Waals surface area contributed by atoms with E-state index in [1.54, 1.807) is 25.3 Å². The SMILES string of the molecule is CCC(=O)Nc1ccc(C)c(NC(=O)c2cccc(-n3nccc3-c3ccccc3)c2)c1. The maximum Gasteiger partial charge on any atom is 0.255 e. The van der Waals surface area contributed by atoms with Gasteiger partial charge < -0.3 is 10.6 Å². The predicted octanol–water partition coefficient (Wildman–Crippen LogP) is 5.45. The monoisotopic (exact) mass is 424 g/mol. The minimum atomic E-state index is -0.234. The van der Waals surface area contributed by atoms with Crippen LogP contribution in [0.4, 0.5) is 11.4 Å². The van der Waals surface area contributed by atoms with Crippen molar-refractivity contribution >= 4 is 23.2 Å². The van der Waals surface area contributed by atoms with E-state index < -0.39 is 0 Å². The van der Waals surface area contributed by atoms with Gasteiger partial charge in [-0.25, -0.2) is 4.68 Å². The Labute approximate surface area is 186 Å². The third kappa shape index (κ3) is 4.59. The highest BCUT2D eigenvalue weighted by Crippen LogP contribution is 2.24. The molecule has 0 aliphatic heterocycles. The Hall–Kier alpha value is -4.19. The van der Waals surface area contributed by atoms with Crippen molar-refractivity contribution in [2.75, 3.05) is 10.6 Å². The zero-order chi connectivity index (χ0) is 22.5. The number of nitrogens with one attached hydrogen (secondary N) is 2.